The third-order valence-corrected chi connectivity index (χ3v) is 2.63. The quantitative estimate of drug-likeness (QED) is 0.653. The van der Waals surface area contributed by atoms with Gasteiger partial charge in [0.05, 0.1) is 4.90 Å². The average molecular weight is 170 g/mol. The molecule has 0 fully saturated rings. The first-order valence-corrected chi connectivity index (χ1v) is 4.52. The van der Waals surface area contributed by atoms with E-state index in [2.05, 4.69) is 4.72 Å². The summed E-state index contributed by atoms with van der Waals surface area (Å²) in [7, 11) is -2.11. The lowest BCUT2D eigenvalue weighted by Crippen LogP contribution is -2.11. The zero-order valence-corrected chi connectivity index (χ0v) is 6.88. The van der Waals surface area contributed by atoms with Crippen LogP contribution in [0.25, 0.3) is 0 Å². The lowest BCUT2D eigenvalue weighted by atomic mass is 10.4. The van der Waals surface area contributed by atoms with E-state index in [-0.39, 0.29) is 4.90 Å². The van der Waals surface area contributed by atoms with Gasteiger partial charge in [-0.15, -0.1) is 4.72 Å². The van der Waals surface area contributed by atoms with Crippen molar-refractivity contribution >= 4 is 10.0 Å². The van der Waals surface area contributed by atoms with E-state index in [0.29, 0.717) is 0 Å². The molecule has 0 heterocycles. The minimum atomic E-state index is -3.37. The number of nitrogens with zero attached hydrogens (tertiary/aromatic N) is 1. The molecule has 0 atom stereocenters. The Hall–Kier alpha value is -0.870. The summed E-state index contributed by atoms with van der Waals surface area (Å²) in [4.78, 5) is 0.238. The fraction of sp³-hybridized carbons (Fsp3) is 0.143. The van der Waals surface area contributed by atoms with Crippen LogP contribution in [0.5, 0.6) is 0 Å². The van der Waals surface area contributed by atoms with Crippen molar-refractivity contribution in [1.82, 2.24) is 4.72 Å². The van der Waals surface area contributed by atoms with Crippen molar-refractivity contribution in [3.63, 3.8) is 0 Å². The number of sulfonamides is 1. The van der Waals surface area contributed by atoms with Gasteiger partial charge in [-0.05, 0) is 12.1 Å². The highest BCUT2D eigenvalue weighted by molar-refractivity contribution is 7.89. The van der Waals surface area contributed by atoms with Gasteiger partial charge in [0.2, 0.25) is 0 Å². The van der Waals surface area contributed by atoms with Gasteiger partial charge in [0.1, 0.15) is 0 Å². The molecule has 0 aromatic heterocycles. The van der Waals surface area contributed by atoms with Crippen LogP contribution in [-0.2, 0) is 10.0 Å². The second kappa shape index (κ2) is 3.02. The van der Waals surface area contributed by atoms with E-state index >= 15 is 0 Å². The SMILES string of the molecule is C[N]S(=O)(=O)c1ccccc1. The second-order valence-corrected chi connectivity index (χ2v) is 3.76. The molecule has 3 nitrogen and oxygen atoms in total. The molecular formula is C7H8NO2S. The van der Waals surface area contributed by atoms with Crippen molar-refractivity contribution in [3.8, 4) is 0 Å². The summed E-state index contributed by atoms with van der Waals surface area (Å²) in [6.07, 6.45) is 0. The van der Waals surface area contributed by atoms with E-state index in [1.165, 1.54) is 19.2 Å². The fourth-order valence-corrected chi connectivity index (χ4v) is 1.41. The Labute approximate surface area is 66.1 Å². The fourth-order valence-electron chi connectivity index (χ4n) is 0.698. The van der Waals surface area contributed by atoms with Crippen molar-refractivity contribution in [1.29, 1.82) is 0 Å². The first-order chi connectivity index (χ1) is 5.17. The second-order valence-electron chi connectivity index (χ2n) is 1.97. The molecule has 0 saturated heterocycles. The maximum Gasteiger partial charge on any atom is 0.256 e. The van der Waals surface area contributed by atoms with Crippen molar-refractivity contribution in [2.75, 3.05) is 7.05 Å². The highest BCUT2D eigenvalue weighted by atomic mass is 32.2. The molecule has 4 heteroatoms. The van der Waals surface area contributed by atoms with Crippen LogP contribution < -0.4 is 4.72 Å². The van der Waals surface area contributed by atoms with E-state index in [1.54, 1.807) is 18.2 Å². The molecule has 1 aromatic rings. The Kier molecular flexibility index (Phi) is 2.26. The molecule has 1 rings (SSSR count). The molecule has 11 heavy (non-hydrogen) atoms. The summed E-state index contributed by atoms with van der Waals surface area (Å²) < 4.78 is 25.3. The van der Waals surface area contributed by atoms with Crippen LogP contribution >= 0.6 is 0 Å². The molecule has 0 N–H and O–H groups in total. The van der Waals surface area contributed by atoms with Crippen LogP contribution in [0, 0.1) is 0 Å². The zero-order valence-electron chi connectivity index (χ0n) is 6.06. The largest absolute Gasteiger partial charge is 0.256 e. The summed E-state index contributed by atoms with van der Waals surface area (Å²) in [6.45, 7) is 0. The van der Waals surface area contributed by atoms with Crippen molar-refractivity contribution in [2.24, 2.45) is 0 Å². The minimum absolute atomic E-state index is 0.238. The molecule has 0 aliphatic carbocycles. The molecule has 0 saturated carbocycles. The Balaban J connectivity index is 3.14. The van der Waals surface area contributed by atoms with Gasteiger partial charge >= 0.3 is 0 Å². The monoisotopic (exact) mass is 170 g/mol. The first-order valence-electron chi connectivity index (χ1n) is 3.08. The summed E-state index contributed by atoms with van der Waals surface area (Å²) in [5.41, 5.74) is 0. The highest BCUT2D eigenvalue weighted by Crippen LogP contribution is 2.06. The topological polar surface area (TPSA) is 48.2 Å². The van der Waals surface area contributed by atoms with Gasteiger partial charge in [-0.2, -0.15) is 0 Å². The molecule has 59 valence electrons. The lowest BCUT2D eigenvalue weighted by Gasteiger charge is -1.97. The van der Waals surface area contributed by atoms with E-state index in [0.717, 1.165) is 0 Å². The summed E-state index contributed by atoms with van der Waals surface area (Å²) in [5, 5.41) is 0. The standard InChI is InChI=1S/C7H8NO2S/c1-8-11(9,10)7-5-3-2-4-6-7/h2-6H,1H3. The summed E-state index contributed by atoms with van der Waals surface area (Å²) in [5.74, 6) is 0. The number of hydrogen-bond donors (Lipinski definition) is 0. The van der Waals surface area contributed by atoms with Gasteiger partial charge in [0.15, 0.2) is 0 Å². The van der Waals surface area contributed by atoms with E-state index < -0.39 is 10.0 Å². The van der Waals surface area contributed by atoms with Gasteiger partial charge in [0, 0.05) is 7.05 Å². The molecule has 0 aliphatic rings. The Morgan fingerprint density at radius 3 is 2.18 bits per heavy atom. The highest BCUT2D eigenvalue weighted by Gasteiger charge is 2.09. The molecule has 0 spiro atoms. The number of rotatable bonds is 2. The van der Waals surface area contributed by atoms with Gasteiger partial charge in [0.25, 0.3) is 10.0 Å². The minimum Gasteiger partial charge on any atom is -0.206 e. The van der Waals surface area contributed by atoms with Crippen LogP contribution in [0.2, 0.25) is 0 Å². The number of benzene rings is 1. The summed E-state index contributed by atoms with van der Waals surface area (Å²) in [6, 6.07) is 8.12. The number of hydrogen-bond acceptors (Lipinski definition) is 2. The van der Waals surface area contributed by atoms with Crippen LogP contribution in [0.15, 0.2) is 35.2 Å². The molecule has 0 amide bonds. The van der Waals surface area contributed by atoms with Gasteiger partial charge < -0.3 is 0 Å². The third kappa shape index (κ3) is 1.78. The Morgan fingerprint density at radius 1 is 1.18 bits per heavy atom. The van der Waals surface area contributed by atoms with Crippen LogP contribution in [0.3, 0.4) is 0 Å². The predicted molar refractivity (Wildman–Crippen MR) is 41.7 cm³/mol. The van der Waals surface area contributed by atoms with Crippen molar-refractivity contribution < 1.29 is 8.42 Å². The molecule has 0 bridgehead atoms. The normalized spacial score (nSPS) is 11.4. The Morgan fingerprint density at radius 2 is 1.73 bits per heavy atom. The van der Waals surface area contributed by atoms with E-state index in [1.807, 2.05) is 0 Å². The molecular weight excluding hydrogens is 162 g/mol. The summed E-state index contributed by atoms with van der Waals surface area (Å²) >= 11 is 0. The van der Waals surface area contributed by atoms with Gasteiger partial charge in [-0.25, -0.2) is 8.42 Å². The maximum atomic E-state index is 11.0. The maximum absolute atomic E-state index is 11.0. The van der Waals surface area contributed by atoms with E-state index in [4.69, 9.17) is 0 Å². The van der Waals surface area contributed by atoms with Gasteiger partial charge in [-0.3, -0.25) is 0 Å². The molecule has 0 unspecified atom stereocenters. The zero-order chi connectivity index (χ0) is 8.32. The van der Waals surface area contributed by atoms with Crippen LogP contribution in [0.4, 0.5) is 0 Å². The smallest absolute Gasteiger partial charge is 0.206 e. The van der Waals surface area contributed by atoms with Crippen LogP contribution in [0.1, 0.15) is 0 Å². The first kappa shape index (κ1) is 8.23. The van der Waals surface area contributed by atoms with Crippen molar-refractivity contribution in [2.45, 2.75) is 4.90 Å². The average Bonchev–Trinajstić information content (AvgIpc) is 2.06. The van der Waals surface area contributed by atoms with Crippen molar-refractivity contribution in [3.05, 3.63) is 30.3 Å². The van der Waals surface area contributed by atoms with Crippen LogP contribution in [-0.4, -0.2) is 15.5 Å². The predicted octanol–water partition coefficient (Wildman–Crippen LogP) is 0.610. The molecule has 1 radical (unpaired) electrons. The molecule has 1 aromatic carbocycles. The van der Waals surface area contributed by atoms with Gasteiger partial charge in [-0.1, -0.05) is 18.2 Å². The van der Waals surface area contributed by atoms with E-state index in [9.17, 15) is 8.42 Å². The Bertz CT molecular complexity index is 318. The molecule has 0 aliphatic heterocycles. The third-order valence-electron chi connectivity index (χ3n) is 1.28. The lowest BCUT2D eigenvalue weighted by molar-refractivity contribution is 0.587.